The van der Waals surface area contributed by atoms with Gasteiger partial charge in [-0.15, -0.1) is 0 Å². The Morgan fingerprint density at radius 1 is 0.722 bits per heavy atom. The molecule has 314 valence electrons. The quantitative estimate of drug-likeness (QED) is 0.0163. The third-order valence-corrected chi connectivity index (χ3v) is 10.1. The van der Waals surface area contributed by atoms with Crippen molar-refractivity contribution >= 4 is 13.7 Å². The fraction of sp³-hybridized carbons (Fsp3) is 0.750. The van der Waals surface area contributed by atoms with Gasteiger partial charge in [-0.2, -0.15) is 0 Å². The number of aliphatic hydroxyl groups is 2. The minimum absolute atomic E-state index is 0.0501. The van der Waals surface area contributed by atoms with Crippen molar-refractivity contribution in [2.45, 2.75) is 173 Å². The van der Waals surface area contributed by atoms with Crippen molar-refractivity contribution in [2.24, 2.45) is 0 Å². The van der Waals surface area contributed by atoms with Crippen LogP contribution in [0.5, 0.6) is 0 Å². The summed E-state index contributed by atoms with van der Waals surface area (Å²) in [7, 11) is 1.53. The van der Waals surface area contributed by atoms with E-state index < -0.39 is 26.1 Å². The van der Waals surface area contributed by atoms with Gasteiger partial charge >= 0.3 is 7.82 Å². The molecule has 0 aromatic carbocycles. The Morgan fingerprint density at radius 3 is 1.91 bits per heavy atom. The molecule has 0 spiro atoms. The van der Waals surface area contributed by atoms with Gasteiger partial charge in [-0.05, 0) is 44.9 Å². The van der Waals surface area contributed by atoms with Gasteiger partial charge in [-0.3, -0.25) is 13.8 Å². The molecule has 0 aliphatic heterocycles. The summed E-state index contributed by atoms with van der Waals surface area (Å²) in [6.45, 7) is 4.63. The monoisotopic (exact) mass is 782 g/mol. The molecule has 0 bridgehead atoms. The molecule has 9 nitrogen and oxygen atoms in total. The molecule has 10 heteroatoms. The number of allylic oxidation sites excluding steroid dienone is 8. The molecule has 0 aromatic rings. The summed E-state index contributed by atoms with van der Waals surface area (Å²) in [5, 5.41) is 23.9. The van der Waals surface area contributed by atoms with Crippen LogP contribution in [-0.2, 0) is 18.4 Å². The highest BCUT2D eigenvalue weighted by molar-refractivity contribution is 7.47. The first kappa shape index (κ1) is 52.2. The van der Waals surface area contributed by atoms with E-state index in [1.165, 1.54) is 70.6 Å². The third kappa shape index (κ3) is 37.1. The molecule has 0 fully saturated rings. The van der Waals surface area contributed by atoms with Gasteiger partial charge in [0.1, 0.15) is 13.2 Å². The molecule has 0 saturated carbocycles. The normalized spacial score (nSPS) is 15.6. The zero-order valence-corrected chi connectivity index (χ0v) is 35.9. The van der Waals surface area contributed by atoms with Crippen molar-refractivity contribution in [3.8, 4) is 0 Å². The van der Waals surface area contributed by atoms with Crippen molar-refractivity contribution in [3.63, 3.8) is 0 Å². The lowest BCUT2D eigenvalue weighted by Crippen LogP contribution is -2.46. The first-order chi connectivity index (χ1) is 25.9. The van der Waals surface area contributed by atoms with Crippen LogP contribution >= 0.6 is 7.82 Å². The van der Waals surface area contributed by atoms with Gasteiger partial charge in [0.15, 0.2) is 0 Å². The number of nitrogens with one attached hydrogen (secondary N) is 1. The van der Waals surface area contributed by atoms with Crippen molar-refractivity contribution < 1.29 is 38.0 Å². The maximum atomic E-state index is 12.8. The second kappa shape index (κ2) is 35.6. The van der Waals surface area contributed by atoms with Crippen molar-refractivity contribution in [3.05, 3.63) is 60.8 Å². The largest absolute Gasteiger partial charge is 0.472 e. The van der Waals surface area contributed by atoms with E-state index in [1.54, 1.807) is 6.08 Å². The van der Waals surface area contributed by atoms with Crippen LogP contribution in [0.4, 0.5) is 0 Å². The molecular weight excluding hydrogens is 699 g/mol. The lowest BCUT2D eigenvalue weighted by Gasteiger charge is -2.26. The van der Waals surface area contributed by atoms with E-state index in [0.29, 0.717) is 30.3 Å². The molecule has 0 aliphatic carbocycles. The Balaban J connectivity index is 4.59. The van der Waals surface area contributed by atoms with E-state index >= 15 is 0 Å². The molecule has 0 saturated heterocycles. The van der Waals surface area contributed by atoms with Crippen LogP contribution in [0.25, 0.3) is 0 Å². The number of likely N-dealkylation sites (N-methyl/N-ethyl adjacent to an activating group) is 1. The Morgan fingerprint density at radius 2 is 1.30 bits per heavy atom. The molecule has 0 rings (SSSR count). The van der Waals surface area contributed by atoms with Crippen molar-refractivity contribution in [1.29, 1.82) is 0 Å². The SMILES string of the molecule is CC/C=C\C/C=C\CC(O)/C=C/C=C\C/C=C\CCCC(=O)N[C@@H](COP(=O)(O)OCC[N+](C)(C)C)[C@H](O)CCCCCCCCCCCCCCCC. The Bertz CT molecular complexity index is 1080. The molecule has 2 unspecified atom stereocenters. The summed E-state index contributed by atoms with van der Waals surface area (Å²) in [4.78, 5) is 23.1. The Labute approximate surface area is 331 Å². The second-order valence-corrected chi connectivity index (χ2v) is 17.0. The fourth-order valence-electron chi connectivity index (χ4n) is 5.69. The summed E-state index contributed by atoms with van der Waals surface area (Å²) >= 11 is 0. The van der Waals surface area contributed by atoms with Gasteiger partial charge < -0.3 is 24.9 Å². The highest BCUT2D eigenvalue weighted by Gasteiger charge is 2.28. The van der Waals surface area contributed by atoms with E-state index in [-0.39, 0.29) is 25.5 Å². The fourth-order valence-corrected chi connectivity index (χ4v) is 6.43. The molecule has 0 aliphatic rings. The van der Waals surface area contributed by atoms with E-state index in [4.69, 9.17) is 9.05 Å². The van der Waals surface area contributed by atoms with Gasteiger partial charge in [-0.25, -0.2) is 4.57 Å². The number of quaternary nitrogens is 1. The van der Waals surface area contributed by atoms with Crippen molar-refractivity contribution in [2.75, 3.05) is 40.9 Å². The van der Waals surface area contributed by atoms with Crippen LogP contribution in [0.15, 0.2) is 60.8 Å². The lowest BCUT2D eigenvalue weighted by molar-refractivity contribution is -0.870. The van der Waals surface area contributed by atoms with Crippen LogP contribution in [0.3, 0.4) is 0 Å². The van der Waals surface area contributed by atoms with E-state index in [2.05, 4.69) is 37.4 Å². The molecule has 0 aromatic heterocycles. The van der Waals surface area contributed by atoms with Gasteiger partial charge in [0.25, 0.3) is 0 Å². The van der Waals surface area contributed by atoms with Crippen molar-refractivity contribution in [1.82, 2.24) is 5.32 Å². The van der Waals surface area contributed by atoms with E-state index in [9.17, 15) is 24.5 Å². The number of hydrogen-bond acceptors (Lipinski definition) is 6. The van der Waals surface area contributed by atoms with E-state index in [1.807, 2.05) is 57.6 Å². The number of carbonyl (C=O) groups is 1. The minimum atomic E-state index is -4.34. The number of aliphatic hydroxyl groups excluding tert-OH is 2. The van der Waals surface area contributed by atoms with E-state index in [0.717, 1.165) is 44.9 Å². The first-order valence-corrected chi connectivity index (χ1v) is 22.8. The Kier molecular flexibility index (Phi) is 34.4. The highest BCUT2D eigenvalue weighted by atomic mass is 31.2. The predicted molar refractivity (Wildman–Crippen MR) is 227 cm³/mol. The number of amides is 1. The van der Waals surface area contributed by atoms with Crippen LogP contribution < -0.4 is 5.32 Å². The molecule has 1 amide bonds. The highest BCUT2D eigenvalue weighted by Crippen LogP contribution is 2.43. The number of rotatable bonds is 37. The first-order valence-electron chi connectivity index (χ1n) is 21.3. The van der Waals surface area contributed by atoms with Gasteiger partial charge in [0.2, 0.25) is 5.91 Å². The number of carbonyl (C=O) groups excluding carboxylic acids is 1. The van der Waals surface area contributed by atoms with Crippen LogP contribution in [0, 0.1) is 0 Å². The molecule has 4 N–H and O–H groups in total. The van der Waals surface area contributed by atoms with Crippen LogP contribution in [0.1, 0.15) is 155 Å². The maximum absolute atomic E-state index is 12.8. The topological polar surface area (TPSA) is 125 Å². The summed E-state index contributed by atoms with van der Waals surface area (Å²) < 4.78 is 23.5. The molecule has 4 atom stereocenters. The minimum Gasteiger partial charge on any atom is -0.391 e. The smallest absolute Gasteiger partial charge is 0.391 e. The molecule has 0 radical (unpaired) electrons. The summed E-state index contributed by atoms with van der Waals surface area (Å²) in [6, 6.07) is -0.812. The number of hydrogen-bond donors (Lipinski definition) is 4. The lowest BCUT2D eigenvalue weighted by atomic mass is 10.0. The molecule has 54 heavy (non-hydrogen) atoms. The number of unbranched alkanes of at least 4 members (excludes halogenated alkanes) is 14. The zero-order valence-electron chi connectivity index (χ0n) is 35.1. The van der Waals surface area contributed by atoms with Crippen LogP contribution in [0.2, 0.25) is 0 Å². The second-order valence-electron chi connectivity index (χ2n) is 15.5. The predicted octanol–water partition coefficient (Wildman–Crippen LogP) is 10.4. The summed E-state index contributed by atoms with van der Waals surface area (Å²) in [5.74, 6) is -0.230. The Hall–Kier alpha value is -1.84. The number of nitrogens with zero attached hydrogens (tertiary/aromatic N) is 1. The number of phosphoric ester groups is 1. The summed E-state index contributed by atoms with van der Waals surface area (Å²) in [5.41, 5.74) is 0. The van der Waals surface area contributed by atoms with Crippen LogP contribution in [-0.4, -0.2) is 84.6 Å². The molecule has 0 heterocycles. The maximum Gasteiger partial charge on any atom is 0.472 e. The average Bonchev–Trinajstić information content (AvgIpc) is 3.11. The molecular formula is C44H82N2O7P+. The third-order valence-electron chi connectivity index (χ3n) is 9.11. The standard InChI is InChI=1S/C44H81N2O7P/c1-6-8-10-12-14-15-16-17-18-19-20-24-28-32-36-43(48)42(40-53-54(50,51)52-39-38-46(3,4)5)45-44(49)37-33-29-25-22-21-23-27-31-35-41(47)34-30-26-13-11-9-7-2/h9,11,22-23,25-27,30-31,35,41-43,47-48H,6-8,10,12-21,24,28-29,32-34,36-40H2,1-5H3,(H-,45,49,50,51)/p+1/b11-9-,25-22-,27-23-,30-26-,35-31+/t41?,42-,43+/m0/s1. The van der Waals surface area contributed by atoms with Gasteiger partial charge in [0, 0.05) is 6.42 Å². The average molecular weight is 782 g/mol. The van der Waals surface area contributed by atoms with Gasteiger partial charge in [0.05, 0.1) is 46.0 Å². The summed E-state index contributed by atoms with van der Waals surface area (Å²) in [6.07, 6.45) is 41.3. The zero-order chi connectivity index (χ0) is 40.2. The van der Waals surface area contributed by atoms with Gasteiger partial charge in [-0.1, -0.05) is 164 Å². The number of phosphoric acid groups is 1.